The number of aryl methyl sites for hydroxylation is 1. The monoisotopic (exact) mass is 263 g/mol. The van der Waals surface area contributed by atoms with E-state index in [0.717, 1.165) is 25.9 Å². The van der Waals surface area contributed by atoms with E-state index in [1.54, 1.807) is 13.8 Å². The van der Waals surface area contributed by atoms with Crippen molar-refractivity contribution in [1.82, 2.24) is 5.32 Å². The zero-order valence-electron chi connectivity index (χ0n) is 12.2. The van der Waals surface area contributed by atoms with Gasteiger partial charge in [-0.05, 0) is 44.4 Å². The first kappa shape index (κ1) is 15.7. The Morgan fingerprint density at radius 3 is 2.63 bits per heavy atom. The Morgan fingerprint density at radius 1 is 1.32 bits per heavy atom. The van der Waals surface area contributed by atoms with Crippen molar-refractivity contribution in [2.45, 2.75) is 46.6 Å². The summed E-state index contributed by atoms with van der Waals surface area (Å²) in [4.78, 5) is 11.0. The van der Waals surface area contributed by atoms with Crippen LogP contribution < -0.4 is 5.32 Å². The molecule has 0 radical (unpaired) electrons. The minimum absolute atomic E-state index is 0.636. The molecule has 0 fully saturated rings. The van der Waals surface area contributed by atoms with Gasteiger partial charge in [-0.1, -0.05) is 37.6 Å². The molecule has 1 rings (SSSR count). The topological polar surface area (TPSA) is 49.3 Å². The van der Waals surface area contributed by atoms with E-state index in [1.165, 1.54) is 11.1 Å². The van der Waals surface area contributed by atoms with Gasteiger partial charge in [0.05, 0.1) is 5.41 Å². The molecule has 0 saturated carbocycles. The molecule has 106 valence electrons. The number of carbonyl (C=O) groups is 1. The predicted molar refractivity (Wildman–Crippen MR) is 78.2 cm³/mol. The summed E-state index contributed by atoms with van der Waals surface area (Å²) in [6.45, 7) is 7.22. The van der Waals surface area contributed by atoms with Crippen LogP contribution in [0.3, 0.4) is 0 Å². The normalized spacial score (nSPS) is 11.5. The summed E-state index contributed by atoms with van der Waals surface area (Å²) >= 11 is 0. The summed E-state index contributed by atoms with van der Waals surface area (Å²) in [5, 5.41) is 12.3. The largest absolute Gasteiger partial charge is 0.481 e. The summed E-state index contributed by atoms with van der Waals surface area (Å²) in [7, 11) is 0. The molecule has 0 aromatic heterocycles. The molecule has 0 bridgehead atoms. The number of carboxylic acid groups (broad SMARTS) is 1. The standard InChI is InChI=1S/C16H25NO2/c1-4-6-13-7-5-8-14(11-13)12-17-10-9-16(2,3)15(18)19/h5,7-8,11,17H,4,6,9-10,12H2,1-3H3,(H,18,19). The van der Waals surface area contributed by atoms with Crippen molar-refractivity contribution in [1.29, 1.82) is 0 Å². The second-order valence-electron chi connectivity index (χ2n) is 5.69. The SMILES string of the molecule is CCCc1cccc(CNCCC(C)(C)C(=O)O)c1. The van der Waals surface area contributed by atoms with Crippen LogP contribution in [-0.2, 0) is 17.8 Å². The fourth-order valence-corrected chi connectivity index (χ4v) is 1.92. The van der Waals surface area contributed by atoms with Gasteiger partial charge in [0, 0.05) is 6.54 Å². The van der Waals surface area contributed by atoms with Gasteiger partial charge in [-0.2, -0.15) is 0 Å². The molecule has 3 heteroatoms. The highest BCUT2D eigenvalue weighted by Gasteiger charge is 2.25. The molecule has 0 unspecified atom stereocenters. The minimum Gasteiger partial charge on any atom is -0.481 e. The first-order chi connectivity index (χ1) is 8.95. The summed E-state index contributed by atoms with van der Waals surface area (Å²) in [5.41, 5.74) is 1.98. The van der Waals surface area contributed by atoms with E-state index in [9.17, 15) is 4.79 Å². The third-order valence-corrected chi connectivity index (χ3v) is 3.36. The molecule has 0 saturated heterocycles. The minimum atomic E-state index is -0.737. The van der Waals surface area contributed by atoms with E-state index in [1.807, 2.05) is 0 Å². The maximum absolute atomic E-state index is 11.0. The molecule has 0 amide bonds. The van der Waals surface area contributed by atoms with Gasteiger partial charge in [0.25, 0.3) is 0 Å². The molecule has 0 atom stereocenters. The van der Waals surface area contributed by atoms with Crippen molar-refractivity contribution in [3.05, 3.63) is 35.4 Å². The van der Waals surface area contributed by atoms with E-state index in [0.29, 0.717) is 6.42 Å². The zero-order valence-corrected chi connectivity index (χ0v) is 12.2. The van der Waals surface area contributed by atoms with Gasteiger partial charge >= 0.3 is 5.97 Å². The van der Waals surface area contributed by atoms with Crippen LogP contribution in [0.15, 0.2) is 24.3 Å². The highest BCUT2D eigenvalue weighted by atomic mass is 16.4. The number of carboxylic acids is 1. The van der Waals surface area contributed by atoms with Crippen LogP contribution in [0, 0.1) is 5.41 Å². The Bertz CT molecular complexity index is 413. The second kappa shape index (κ2) is 7.29. The third-order valence-electron chi connectivity index (χ3n) is 3.36. The average molecular weight is 263 g/mol. The fourth-order valence-electron chi connectivity index (χ4n) is 1.92. The molecular formula is C16H25NO2. The zero-order chi connectivity index (χ0) is 14.3. The van der Waals surface area contributed by atoms with Gasteiger partial charge in [0.15, 0.2) is 0 Å². The van der Waals surface area contributed by atoms with E-state index in [4.69, 9.17) is 5.11 Å². The van der Waals surface area contributed by atoms with Gasteiger partial charge in [-0.3, -0.25) is 4.79 Å². The lowest BCUT2D eigenvalue weighted by atomic mass is 9.90. The van der Waals surface area contributed by atoms with E-state index in [-0.39, 0.29) is 0 Å². The van der Waals surface area contributed by atoms with Crippen LogP contribution in [0.2, 0.25) is 0 Å². The molecule has 3 nitrogen and oxygen atoms in total. The number of hydrogen-bond acceptors (Lipinski definition) is 2. The lowest BCUT2D eigenvalue weighted by Gasteiger charge is -2.19. The van der Waals surface area contributed by atoms with Crippen LogP contribution in [0.5, 0.6) is 0 Å². The van der Waals surface area contributed by atoms with Crippen molar-refractivity contribution < 1.29 is 9.90 Å². The molecule has 0 heterocycles. The highest BCUT2D eigenvalue weighted by molar-refractivity contribution is 5.73. The van der Waals surface area contributed by atoms with Crippen molar-refractivity contribution >= 4 is 5.97 Å². The van der Waals surface area contributed by atoms with Crippen LogP contribution in [-0.4, -0.2) is 17.6 Å². The molecule has 0 spiro atoms. The average Bonchev–Trinajstić information content (AvgIpc) is 2.35. The van der Waals surface area contributed by atoms with Crippen molar-refractivity contribution in [2.24, 2.45) is 5.41 Å². The predicted octanol–water partition coefficient (Wildman–Crippen LogP) is 3.23. The van der Waals surface area contributed by atoms with Crippen LogP contribution >= 0.6 is 0 Å². The van der Waals surface area contributed by atoms with Gasteiger partial charge in [0.2, 0.25) is 0 Å². The quantitative estimate of drug-likeness (QED) is 0.708. The number of nitrogens with one attached hydrogen (secondary N) is 1. The molecule has 1 aromatic rings. The van der Waals surface area contributed by atoms with E-state index >= 15 is 0 Å². The Hall–Kier alpha value is -1.35. The third kappa shape index (κ3) is 5.43. The first-order valence-electron chi connectivity index (χ1n) is 6.97. The molecule has 0 aliphatic heterocycles. The van der Waals surface area contributed by atoms with Crippen LogP contribution in [0.1, 0.15) is 44.7 Å². The Labute approximate surface area is 116 Å². The Kier molecular flexibility index (Phi) is 6.03. The second-order valence-corrected chi connectivity index (χ2v) is 5.69. The molecular weight excluding hydrogens is 238 g/mol. The molecule has 19 heavy (non-hydrogen) atoms. The highest BCUT2D eigenvalue weighted by Crippen LogP contribution is 2.19. The lowest BCUT2D eigenvalue weighted by Crippen LogP contribution is -2.28. The first-order valence-corrected chi connectivity index (χ1v) is 6.97. The Balaban J connectivity index is 2.37. The van der Waals surface area contributed by atoms with Gasteiger partial charge in [-0.15, -0.1) is 0 Å². The lowest BCUT2D eigenvalue weighted by molar-refractivity contribution is -0.147. The number of hydrogen-bond donors (Lipinski definition) is 2. The van der Waals surface area contributed by atoms with Gasteiger partial charge < -0.3 is 10.4 Å². The van der Waals surface area contributed by atoms with Crippen molar-refractivity contribution in [3.8, 4) is 0 Å². The number of benzene rings is 1. The maximum Gasteiger partial charge on any atom is 0.309 e. The smallest absolute Gasteiger partial charge is 0.309 e. The Morgan fingerprint density at radius 2 is 2.00 bits per heavy atom. The van der Waals surface area contributed by atoms with Crippen molar-refractivity contribution in [3.63, 3.8) is 0 Å². The van der Waals surface area contributed by atoms with Gasteiger partial charge in [-0.25, -0.2) is 0 Å². The molecule has 0 aliphatic carbocycles. The summed E-state index contributed by atoms with van der Waals surface area (Å²) < 4.78 is 0. The summed E-state index contributed by atoms with van der Waals surface area (Å²) in [5.74, 6) is -0.737. The maximum atomic E-state index is 11.0. The number of rotatable bonds is 8. The molecule has 2 N–H and O–H groups in total. The molecule has 1 aromatic carbocycles. The van der Waals surface area contributed by atoms with Gasteiger partial charge in [0.1, 0.15) is 0 Å². The number of aliphatic carboxylic acids is 1. The van der Waals surface area contributed by atoms with Crippen molar-refractivity contribution in [2.75, 3.05) is 6.54 Å². The fraction of sp³-hybridized carbons (Fsp3) is 0.562. The summed E-state index contributed by atoms with van der Waals surface area (Å²) in [6.07, 6.45) is 2.90. The van der Waals surface area contributed by atoms with E-state index in [2.05, 4.69) is 36.5 Å². The van der Waals surface area contributed by atoms with Crippen LogP contribution in [0.4, 0.5) is 0 Å². The molecule has 0 aliphatic rings. The summed E-state index contributed by atoms with van der Waals surface area (Å²) in [6, 6.07) is 8.57. The van der Waals surface area contributed by atoms with E-state index < -0.39 is 11.4 Å². The van der Waals surface area contributed by atoms with Crippen LogP contribution in [0.25, 0.3) is 0 Å².